The Balaban J connectivity index is 2.29. The normalized spacial score (nSPS) is 16.0. The maximum atomic E-state index is 12.1. The van der Waals surface area contributed by atoms with E-state index in [1.807, 2.05) is 6.07 Å². The van der Waals surface area contributed by atoms with Gasteiger partial charge in [0.25, 0.3) is 5.95 Å². The summed E-state index contributed by atoms with van der Waals surface area (Å²) >= 11 is 0. The van der Waals surface area contributed by atoms with Crippen LogP contribution in [-0.4, -0.2) is 19.3 Å². The Hall–Kier alpha value is -2.73. The third-order valence-electron chi connectivity index (χ3n) is 3.86. The van der Waals surface area contributed by atoms with Gasteiger partial charge in [0.1, 0.15) is 17.1 Å². The molecule has 1 atom stereocenters. The van der Waals surface area contributed by atoms with E-state index in [2.05, 4.69) is 0 Å². The molecule has 2 aromatic carbocycles. The van der Waals surface area contributed by atoms with Crippen LogP contribution in [0.2, 0.25) is 0 Å². The van der Waals surface area contributed by atoms with Gasteiger partial charge in [-0.3, -0.25) is 0 Å². The van der Waals surface area contributed by atoms with Gasteiger partial charge in [-0.15, -0.1) is 0 Å². The van der Waals surface area contributed by atoms with Gasteiger partial charge < -0.3 is 23.7 Å². The van der Waals surface area contributed by atoms with Crippen molar-refractivity contribution in [3.8, 4) is 17.4 Å². The maximum absolute atomic E-state index is 12.1. The predicted octanol–water partition coefficient (Wildman–Crippen LogP) is 2.35. The van der Waals surface area contributed by atoms with Crippen LogP contribution in [0.4, 0.5) is 0 Å². The van der Waals surface area contributed by atoms with E-state index in [1.165, 1.54) is 7.11 Å². The van der Waals surface area contributed by atoms with Gasteiger partial charge in [0.2, 0.25) is 6.29 Å². The standard InChI is InChI=1S/C16H12O6/c1-19-8-5-7-3-4-9-12-11(7)10(6-8)21-15(18)13(12)16(20-2)22-14(9)17/h3-6,15,18H,1-2H3/t15-/m1/s1. The largest absolute Gasteiger partial charge is 0.497 e. The number of hydrogen-bond acceptors (Lipinski definition) is 6. The first kappa shape index (κ1) is 13.0. The average Bonchev–Trinajstić information content (AvgIpc) is 2.53. The van der Waals surface area contributed by atoms with E-state index in [-0.39, 0.29) is 5.95 Å². The van der Waals surface area contributed by atoms with Crippen molar-refractivity contribution in [1.29, 1.82) is 0 Å². The van der Waals surface area contributed by atoms with Crippen LogP contribution in [0.25, 0.3) is 21.5 Å². The van der Waals surface area contributed by atoms with Crippen molar-refractivity contribution >= 4 is 21.5 Å². The SMILES string of the molecule is COc1cc2c3c(ccc4c(=O)oc(OC)c(c43)[C@H](O)O2)c1. The molecule has 112 valence electrons. The lowest BCUT2D eigenvalue weighted by Gasteiger charge is -2.24. The van der Waals surface area contributed by atoms with Gasteiger partial charge >= 0.3 is 5.63 Å². The molecule has 0 radical (unpaired) electrons. The van der Waals surface area contributed by atoms with Crippen LogP contribution >= 0.6 is 0 Å². The van der Waals surface area contributed by atoms with Crippen molar-refractivity contribution in [2.75, 3.05) is 14.2 Å². The van der Waals surface area contributed by atoms with Crippen molar-refractivity contribution in [2.24, 2.45) is 0 Å². The number of aliphatic hydroxyl groups is 1. The fourth-order valence-electron chi connectivity index (χ4n) is 2.91. The molecule has 6 heteroatoms. The quantitative estimate of drug-likeness (QED) is 0.732. The molecule has 6 nitrogen and oxygen atoms in total. The minimum absolute atomic E-state index is 0.0426. The lowest BCUT2D eigenvalue weighted by Crippen LogP contribution is -2.16. The lowest BCUT2D eigenvalue weighted by atomic mass is 9.96. The van der Waals surface area contributed by atoms with E-state index in [9.17, 15) is 9.90 Å². The van der Waals surface area contributed by atoms with Gasteiger partial charge in [-0.1, -0.05) is 6.07 Å². The third-order valence-corrected chi connectivity index (χ3v) is 3.86. The van der Waals surface area contributed by atoms with Crippen LogP contribution in [0.1, 0.15) is 11.9 Å². The number of methoxy groups -OCH3 is 2. The summed E-state index contributed by atoms with van der Waals surface area (Å²) in [6.45, 7) is 0. The molecule has 0 bridgehead atoms. The van der Waals surface area contributed by atoms with Crippen molar-refractivity contribution in [3.05, 3.63) is 40.2 Å². The molecule has 22 heavy (non-hydrogen) atoms. The minimum Gasteiger partial charge on any atom is -0.497 e. The van der Waals surface area contributed by atoms with E-state index in [0.717, 1.165) is 10.8 Å². The van der Waals surface area contributed by atoms with Gasteiger partial charge in [-0.25, -0.2) is 4.79 Å². The molecule has 1 aromatic heterocycles. The molecule has 0 amide bonds. The molecule has 0 saturated heterocycles. The van der Waals surface area contributed by atoms with Crippen LogP contribution < -0.4 is 19.8 Å². The molecule has 4 rings (SSSR count). The Kier molecular flexibility index (Phi) is 2.58. The molecule has 1 N–H and O–H groups in total. The van der Waals surface area contributed by atoms with E-state index < -0.39 is 11.9 Å². The first-order valence-corrected chi connectivity index (χ1v) is 6.64. The fourth-order valence-corrected chi connectivity index (χ4v) is 2.91. The topological polar surface area (TPSA) is 78.1 Å². The number of rotatable bonds is 2. The second-order valence-electron chi connectivity index (χ2n) is 4.98. The van der Waals surface area contributed by atoms with Crippen LogP contribution in [0.15, 0.2) is 33.5 Å². The summed E-state index contributed by atoms with van der Waals surface area (Å²) in [4.78, 5) is 12.1. The molecule has 1 aliphatic rings. The maximum Gasteiger partial charge on any atom is 0.346 e. The van der Waals surface area contributed by atoms with Gasteiger partial charge in [-0.05, 0) is 17.5 Å². The summed E-state index contributed by atoms with van der Waals surface area (Å²) in [5.41, 5.74) is -0.200. The van der Waals surface area contributed by atoms with Gasteiger partial charge in [0.05, 0.1) is 19.6 Å². The highest BCUT2D eigenvalue weighted by Crippen LogP contribution is 2.46. The zero-order chi connectivity index (χ0) is 15.4. The van der Waals surface area contributed by atoms with E-state index in [4.69, 9.17) is 18.6 Å². The lowest BCUT2D eigenvalue weighted by molar-refractivity contribution is -0.0226. The number of benzene rings is 2. The molecule has 2 heterocycles. The van der Waals surface area contributed by atoms with Crippen LogP contribution in [0, 0.1) is 0 Å². The molecule has 0 aliphatic carbocycles. The van der Waals surface area contributed by atoms with Crippen molar-refractivity contribution in [3.63, 3.8) is 0 Å². The molecule has 0 fully saturated rings. The van der Waals surface area contributed by atoms with Crippen LogP contribution in [0.3, 0.4) is 0 Å². The molecule has 0 unspecified atom stereocenters. The highest BCUT2D eigenvalue weighted by atomic mass is 16.6. The zero-order valence-corrected chi connectivity index (χ0v) is 11.9. The molecule has 0 saturated carbocycles. The fraction of sp³-hybridized carbons (Fsp3) is 0.188. The average molecular weight is 300 g/mol. The third kappa shape index (κ3) is 1.55. The molecule has 1 aliphatic heterocycles. The number of ether oxygens (including phenoxy) is 3. The Morgan fingerprint density at radius 1 is 1.14 bits per heavy atom. The number of hydrogen-bond donors (Lipinski definition) is 1. The minimum atomic E-state index is -1.29. The summed E-state index contributed by atoms with van der Waals surface area (Å²) in [6, 6.07) is 6.96. The van der Waals surface area contributed by atoms with Gasteiger partial charge in [0.15, 0.2) is 0 Å². The highest BCUT2D eigenvalue weighted by Gasteiger charge is 2.30. The van der Waals surface area contributed by atoms with E-state index in [1.54, 1.807) is 25.3 Å². The Morgan fingerprint density at radius 3 is 2.68 bits per heavy atom. The molecule has 0 spiro atoms. The Bertz CT molecular complexity index is 972. The van der Waals surface area contributed by atoms with E-state index >= 15 is 0 Å². The predicted molar refractivity (Wildman–Crippen MR) is 78.7 cm³/mol. The summed E-state index contributed by atoms with van der Waals surface area (Å²) in [7, 11) is 2.92. The second-order valence-corrected chi connectivity index (χ2v) is 4.98. The molecular formula is C16H12O6. The highest BCUT2D eigenvalue weighted by molar-refractivity contribution is 6.13. The van der Waals surface area contributed by atoms with E-state index in [0.29, 0.717) is 27.8 Å². The van der Waals surface area contributed by atoms with Crippen molar-refractivity contribution in [1.82, 2.24) is 0 Å². The first-order chi connectivity index (χ1) is 10.6. The number of aliphatic hydroxyl groups excluding tert-OH is 1. The van der Waals surface area contributed by atoms with Crippen LogP contribution in [-0.2, 0) is 0 Å². The second kappa shape index (κ2) is 4.38. The Morgan fingerprint density at radius 2 is 1.95 bits per heavy atom. The monoisotopic (exact) mass is 300 g/mol. The van der Waals surface area contributed by atoms with Crippen LogP contribution in [0.5, 0.6) is 17.4 Å². The summed E-state index contributed by atoms with van der Waals surface area (Å²) < 4.78 is 21.0. The van der Waals surface area contributed by atoms with Gasteiger partial charge in [-0.2, -0.15) is 0 Å². The first-order valence-electron chi connectivity index (χ1n) is 6.64. The van der Waals surface area contributed by atoms with Crippen molar-refractivity contribution in [2.45, 2.75) is 6.29 Å². The summed E-state index contributed by atoms with van der Waals surface area (Å²) in [5.74, 6) is 1.01. The zero-order valence-electron chi connectivity index (χ0n) is 11.9. The van der Waals surface area contributed by atoms with Crippen molar-refractivity contribution < 1.29 is 23.7 Å². The Labute approximate surface area is 124 Å². The summed E-state index contributed by atoms with van der Waals surface area (Å²) in [5, 5.41) is 12.8. The smallest absolute Gasteiger partial charge is 0.346 e. The van der Waals surface area contributed by atoms with Gasteiger partial charge in [0, 0.05) is 16.8 Å². The molecule has 3 aromatic rings. The molecular weight excluding hydrogens is 288 g/mol. The summed E-state index contributed by atoms with van der Waals surface area (Å²) in [6.07, 6.45) is -1.29.